The molecule has 3 aromatic rings. The van der Waals surface area contributed by atoms with E-state index >= 15 is 0 Å². The van der Waals surface area contributed by atoms with E-state index in [1.165, 1.54) is 23.6 Å². The molecule has 0 atom stereocenters. The third kappa shape index (κ3) is 5.18. The highest BCUT2D eigenvalue weighted by Gasteiger charge is 2.16. The van der Waals surface area contributed by atoms with Crippen LogP contribution in [-0.4, -0.2) is 53.7 Å². The van der Waals surface area contributed by atoms with Crippen molar-refractivity contribution in [3.05, 3.63) is 84.2 Å². The standard InChI is InChI=1S/C23H25N5O/c29-23(20-10-12-24-25-18-20)26-21-8-6-19(7-9-21)11-13-27-14-16-28(17-15-27)22-4-2-1-3-5-22/h1-10,12,18H,11,13-17H2,(H,26,29). The molecule has 1 aliphatic heterocycles. The molecule has 0 radical (unpaired) electrons. The molecule has 1 aromatic heterocycles. The lowest BCUT2D eigenvalue weighted by Gasteiger charge is -2.36. The van der Waals surface area contributed by atoms with E-state index in [1.54, 1.807) is 6.07 Å². The van der Waals surface area contributed by atoms with Crippen molar-refractivity contribution in [1.29, 1.82) is 0 Å². The Balaban J connectivity index is 1.23. The molecular weight excluding hydrogens is 362 g/mol. The summed E-state index contributed by atoms with van der Waals surface area (Å²) >= 11 is 0. The van der Waals surface area contributed by atoms with Crippen LogP contribution in [0.2, 0.25) is 0 Å². The third-order valence-electron chi connectivity index (χ3n) is 5.27. The van der Waals surface area contributed by atoms with Crippen LogP contribution in [-0.2, 0) is 6.42 Å². The van der Waals surface area contributed by atoms with Crippen LogP contribution in [0.3, 0.4) is 0 Å². The van der Waals surface area contributed by atoms with Gasteiger partial charge in [-0.05, 0) is 42.3 Å². The molecule has 1 saturated heterocycles. The van der Waals surface area contributed by atoms with Gasteiger partial charge in [-0.2, -0.15) is 10.2 Å². The third-order valence-corrected chi connectivity index (χ3v) is 5.27. The van der Waals surface area contributed by atoms with Crippen molar-refractivity contribution in [2.75, 3.05) is 42.9 Å². The maximum absolute atomic E-state index is 12.2. The summed E-state index contributed by atoms with van der Waals surface area (Å²) in [6.45, 7) is 5.36. The van der Waals surface area contributed by atoms with Gasteiger partial charge in [0, 0.05) is 44.1 Å². The number of aromatic nitrogens is 2. The molecule has 1 amide bonds. The van der Waals surface area contributed by atoms with Crippen LogP contribution in [0, 0.1) is 0 Å². The molecule has 0 bridgehead atoms. The number of anilines is 2. The van der Waals surface area contributed by atoms with E-state index in [-0.39, 0.29) is 5.91 Å². The summed E-state index contributed by atoms with van der Waals surface area (Å²) in [6.07, 6.45) is 3.98. The van der Waals surface area contributed by atoms with Crippen molar-refractivity contribution < 1.29 is 4.79 Å². The van der Waals surface area contributed by atoms with Crippen LogP contribution in [0.25, 0.3) is 0 Å². The van der Waals surface area contributed by atoms with Crippen molar-refractivity contribution in [3.8, 4) is 0 Å². The first-order chi connectivity index (χ1) is 14.3. The number of hydrogen-bond acceptors (Lipinski definition) is 5. The predicted octanol–water partition coefficient (Wildman–Crippen LogP) is 3.09. The Hall–Kier alpha value is -3.25. The number of carbonyl (C=O) groups excluding carboxylic acids is 1. The average Bonchev–Trinajstić information content (AvgIpc) is 2.80. The van der Waals surface area contributed by atoms with Crippen molar-refractivity contribution >= 4 is 17.3 Å². The van der Waals surface area contributed by atoms with Gasteiger partial charge >= 0.3 is 0 Å². The van der Waals surface area contributed by atoms with Crippen LogP contribution in [0.1, 0.15) is 15.9 Å². The summed E-state index contributed by atoms with van der Waals surface area (Å²) in [5, 5.41) is 10.3. The zero-order chi connectivity index (χ0) is 19.9. The summed E-state index contributed by atoms with van der Waals surface area (Å²) in [5.41, 5.74) is 3.87. The minimum absolute atomic E-state index is 0.177. The van der Waals surface area contributed by atoms with E-state index in [0.29, 0.717) is 5.56 Å². The monoisotopic (exact) mass is 387 g/mol. The van der Waals surface area contributed by atoms with Gasteiger partial charge in [0.1, 0.15) is 0 Å². The Kier molecular flexibility index (Phi) is 6.12. The van der Waals surface area contributed by atoms with E-state index in [4.69, 9.17) is 0 Å². The highest BCUT2D eigenvalue weighted by Crippen LogP contribution is 2.16. The number of piperazine rings is 1. The number of nitrogens with zero attached hydrogens (tertiary/aromatic N) is 4. The molecule has 2 aromatic carbocycles. The highest BCUT2D eigenvalue weighted by atomic mass is 16.1. The number of benzene rings is 2. The van der Waals surface area contributed by atoms with Crippen LogP contribution in [0.5, 0.6) is 0 Å². The van der Waals surface area contributed by atoms with Crippen LogP contribution < -0.4 is 10.2 Å². The van der Waals surface area contributed by atoms with Crippen molar-refractivity contribution in [1.82, 2.24) is 15.1 Å². The molecule has 4 rings (SSSR count). The van der Waals surface area contributed by atoms with Crippen molar-refractivity contribution in [3.63, 3.8) is 0 Å². The van der Waals surface area contributed by atoms with Crippen molar-refractivity contribution in [2.24, 2.45) is 0 Å². The molecule has 1 aliphatic rings. The largest absolute Gasteiger partial charge is 0.369 e. The number of rotatable bonds is 6. The van der Waals surface area contributed by atoms with Gasteiger partial charge in [0.15, 0.2) is 0 Å². The van der Waals surface area contributed by atoms with Gasteiger partial charge in [0.2, 0.25) is 0 Å². The predicted molar refractivity (Wildman–Crippen MR) is 115 cm³/mol. The molecular formula is C23H25N5O. The molecule has 1 N–H and O–H groups in total. The fourth-order valence-electron chi connectivity index (χ4n) is 3.54. The second-order valence-corrected chi connectivity index (χ2v) is 7.20. The Bertz CT molecular complexity index is 907. The lowest BCUT2D eigenvalue weighted by atomic mass is 10.1. The van der Waals surface area contributed by atoms with Crippen LogP contribution in [0.15, 0.2) is 73.1 Å². The molecule has 0 spiro atoms. The number of para-hydroxylation sites is 1. The molecule has 29 heavy (non-hydrogen) atoms. The van der Waals surface area contributed by atoms with Crippen LogP contribution in [0.4, 0.5) is 11.4 Å². The van der Waals surface area contributed by atoms with E-state index in [9.17, 15) is 4.79 Å². The Labute approximate surface area is 171 Å². The Morgan fingerprint density at radius 2 is 1.66 bits per heavy atom. The Morgan fingerprint density at radius 3 is 2.34 bits per heavy atom. The quantitative estimate of drug-likeness (QED) is 0.704. The van der Waals surface area contributed by atoms with E-state index in [0.717, 1.165) is 44.8 Å². The smallest absolute Gasteiger partial charge is 0.257 e. The number of carbonyl (C=O) groups is 1. The first-order valence-electron chi connectivity index (χ1n) is 9.97. The summed E-state index contributed by atoms with van der Waals surface area (Å²) in [4.78, 5) is 17.1. The summed E-state index contributed by atoms with van der Waals surface area (Å²) in [7, 11) is 0. The minimum atomic E-state index is -0.177. The molecule has 6 heteroatoms. The lowest BCUT2D eigenvalue weighted by Crippen LogP contribution is -2.46. The average molecular weight is 387 g/mol. The number of hydrogen-bond donors (Lipinski definition) is 1. The lowest BCUT2D eigenvalue weighted by molar-refractivity contribution is 0.102. The zero-order valence-electron chi connectivity index (χ0n) is 16.4. The fraction of sp³-hybridized carbons (Fsp3) is 0.261. The SMILES string of the molecule is O=C(Nc1ccc(CCN2CCN(c3ccccc3)CC2)cc1)c1ccnnc1. The number of nitrogens with one attached hydrogen (secondary N) is 1. The van der Waals surface area contributed by atoms with Gasteiger partial charge < -0.3 is 10.2 Å². The van der Waals surface area contributed by atoms with Gasteiger partial charge in [-0.3, -0.25) is 9.69 Å². The molecule has 148 valence electrons. The molecule has 6 nitrogen and oxygen atoms in total. The van der Waals surface area contributed by atoms with E-state index in [1.807, 2.05) is 12.1 Å². The van der Waals surface area contributed by atoms with Crippen molar-refractivity contribution in [2.45, 2.75) is 6.42 Å². The minimum Gasteiger partial charge on any atom is -0.369 e. The fourth-order valence-corrected chi connectivity index (χ4v) is 3.54. The van der Waals surface area contributed by atoms with Crippen LogP contribution >= 0.6 is 0 Å². The Morgan fingerprint density at radius 1 is 0.897 bits per heavy atom. The zero-order valence-corrected chi connectivity index (χ0v) is 16.4. The topological polar surface area (TPSA) is 61.4 Å². The first-order valence-corrected chi connectivity index (χ1v) is 9.97. The second-order valence-electron chi connectivity index (χ2n) is 7.20. The molecule has 0 aliphatic carbocycles. The first kappa shape index (κ1) is 19.1. The van der Waals surface area contributed by atoms with Gasteiger partial charge in [-0.15, -0.1) is 0 Å². The molecule has 1 fully saturated rings. The highest BCUT2D eigenvalue weighted by molar-refractivity contribution is 6.03. The van der Waals surface area contributed by atoms with Gasteiger partial charge in [0.05, 0.1) is 18.0 Å². The normalized spacial score (nSPS) is 14.6. The van der Waals surface area contributed by atoms with Gasteiger partial charge in [-0.1, -0.05) is 30.3 Å². The molecule has 0 unspecified atom stereocenters. The maximum atomic E-state index is 12.2. The van der Waals surface area contributed by atoms with Gasteiger partial charge in [0.25, 0.3) is 5.91 Å². The summed E-state index contributed by atoms with van der Waals surface area (Å²) in [6, 6.07) is 20.3. The van der Waals surface area contributed by atoms with E-state index in [2.05, 4.69) is 67.8 Å². The summed E-state index contributed by atoms with van der Waals surface area (Å²) < 4.78 is 0. The molecule has 0 saturated carbocycles. The maximum Gasteiger partial charge on any atom is 0.257 e. The number of amides is 1. The summed E-state index contributed by atoms with van der Waals surface area (Å²) in [5.74, 6) is -0.177. The van der Waals surface area contributed by atoms with E-state index < -0.39 is 0 Å². The van der Waals surface area contributed by atoms with Gasteiger partial charge in [-0.25, -0.2) is 0 Å². The second kappa shape index (κ2) is 9.30. The molecule has 2 heterocycles.